The minimum absolute atomic E-state index is 0.218. The molecule has 140 valence electrons. The van der Waals surface area contributed by atoms with Crippen molar-refractivity contribution in [1.29, 1.82) is 0 Å². The molecule has 1 atom stereocenters. The highest BCUT2D eigenvalue weighted by atomic mass is 32.2. The first-order chi connectivity index (χ1) is 11.3. The molecule has 0 spiro atoms. The van der Waals surface area contributed by atoms with Crippen molar-refractivity contribution in [2.75, 3.05) is 0 Å². The van der Waals surface area contributed by atoms with Crippen molar-refractivity contribution in [3.8, 4) is 5.75 Å². The molecule has 2 N–H and O–H groups in total. The smallest absolute Gasteiger partial charge is 0.490 e. The van der Waals surface area contributed by atoms with Gasteiger partial charge in [-0.1, -0.05) is 0 Å². The number of halogens is 5. The summed E-state index contributed by atoms with van der Waals surface area (Å²) < 4.78 is 94.8. The number of ether oxygens (including phenoxy) is 1. The molecule has 1 unspecified atom stereocenters. The van der Waals surface area contributed by atoms with Crippen LogP contribution in [0.25, 0.3) is 0 Å². The fraction of sp³-hybridized carbons (Fsp3) is 0.571. The van der Waals surface area contributed by atoms with Gasteiger partial charge in [0.2, 0.25) is 0 Å². The van der Waals surface area contributed by atoms with Crippen LogP contribution in [0.1, 0.15) is 30.1 Å². The van der Waals surface area contributed by atoms with Gasteiger partial charge in [0.1, 0.15) is 18.0 Å². The third-order valence-electron chi connectivity index (χ3n) is 4.32. The summed E-state index contributed by atoms with van der Waals surface area (Å²) in [4.78, 5) is -1.40. The van der Waals surface area contributed by atoms with Crippen molar-refractivity contribution in [1.82, 2.24) is 0 Å². The number of fused-ring (bicyclic) bond motifs is 1. The maximum Gasteiger partial charge on any atom is 0.501 e. The summed E-state index contributed by atoms with van der Waals surface area (Å²) in [5, 5.41) is 18.9. The zero-order valence-corrected chi connectivity index (χ0v) is 13.2. The van der Waals surface area contributed by atoms with Gasteiger partial charge in [-0.05, 0) is 12.1 Å². The maximum absolute atomic E-state index is 13.8. The van der Waals surface area contributed by atoms with E-state index >= 15 is 0 Å². The van der Waals surface area contributed by atoms with Gasteiger partial charge in [0.25, 0.3) is 15.8 Å². The molecule has 2 aliphatic rings. The van der Waals surface area contributed by atoms with Gasteiger partial charge in [0.15, 0.2) is 0 Å². The number of aliphatic hydroxyl groups excluding tert-OH is 2. The SMILES string of the molecule is O=S(=O)(c1ccc(OC2CC(O)C2)c2c1C(O)C(F)(F)C2)C(F)(F)F. The van der Waals surface area contributed by atoms with Crippen LogP contribution < -0.4 is 4.74 Å². The van der Waals surface area contributed by atoms with Crippen molar-refractivity contribution >= 4 is 9.84 Å². The van der Waals surface area contributed by atoms with Crippen LogP contribution >= 0.6 is 0 Å². The predicted molar refractivity (Wildman–Crippen MR) is 73.0 cm³/mol. The zero-order chi connectivity index (χ0) is 18.8. The Kier molecular flexibility index (Phi) is 4.05. The fourth-order valence-corrected chi connectivity index (χ4v) is 3.95. The quantitative estimate of drug-likeness (QED) is 0.775. The second-order valence-corrected chi connectivity index (χ2v) is 8.02. The Balaban J connectivity index is 2.11. The van der Waals surface area contributed by atoms with Gasteiger partial charge < -0.3 is 14.9 Å². The zero-order valence-electron chi connectivity index (χ0n) is 12.4. The minimum atomic E-state index is -5.92. The van der Waals surface area contributed by atoms with E-state index in [1.807, 2.05) is 0 Å². The molecule has 1 aromatic carbocycles. The fourth-order valence-electron chi connectivity index (χ4n) is 2.93. The highest BCUT2D eigenvalue weighted by Gasteiger charge is 2.55. The molecule has 1 fully saturated rings. The molecule has 5 nitrogen and oxygen atoms in total. The summed E-state index contributed by atoms with van der Waals surface area (Å²) in [5.41, 5.74) is -7.15. The van der Waals surface area contributed by atoms with Crippen molar-refractivity contribution < 1.29 is 45.3 Å². The Morgan fingerprint density at radius 2 is 1.76 bits per heavy atom. The summed E-state index contributed by atoms with van der Waals surface area (Å²) in [6, 6.07) is 1.38. The van der Waals surface area contributed by atoms with Crippen LogP contribution in [0.5, 0.6) is 5.75 Å². The average Bonchev–Trinajstić information content (AvgIpc) is 2.67. The van der Waals surface area contributed by atoms with Crippen LogP contribution in [0.4, 0.5) is 22.0 Å². The molecule has 2 aliphatic carbocycles. The summed E-state index contributed by atoms with van der Waals surface area (Å²) in [6.07, 6.45) is -4.53. The van der Waals surface area contributed by atoms with Crippen molar-refractivity contribution in [2.24, 2.45) is 0 Å². The Morgan fingerprint density at radius 3 is 2.28 bits per heavy atom. The Morgan fingerprint density at radius 1 is 1.16 bits per heavy atom. The first-order valence-corrected chi connectivity index (χ1v) is 8.70. The standard InChI is InChI=1S/C14H13F5O5S/c15-13(16)5-8-9(24-7-3-6(20)4-7)1-2-10(11(8)12(13)21)25(22,23)14(17,18)19/h1-2,6-7,12,20-21H,3-5H2. The molecular weight excluding hydrogens is 375 g/mol. The molecular formula is C14H13F5O5S. The van der Waals surface area contributed by atoms with E-state index in [0.717, 1.165) is 6.07 Å². The number of hydrogen-bond donors (Lipinski definition) is 2. The summed E-state index contributed by atoms with van der Waals surface area (Å²) >= 11 is 0. The number of alkyl halides is 5. The molecule has 11 heteroatoms. The number of rotatable bonds is 3. The van der Waals surface area contributed by atoms with E-state index in [1.54, 1.807) is 0 Å². The Bertz CT molecular complexity index is 799. The van der Waals surface area contributed by atoms with Crippen molar-refractivity contribution in [2.45, 2.75) is 53.9 Å². The highest BCUT2D eigenvalue weighted by molar-refractivity contribution is 7.92. The maximum atomic E-state index is 13.8. The van der Waals surface area contributed by atoms with Crippen LogP contribution in [-0.2, 0) is 16.3 Å². The first kappa shape index (κ1) is 18.3. The number of aliphatic hydroxyl groups is 2. The van der Waals surface area contributed by atoms with E-state index in [2.05, 4.69) is 0 Å². The second kappa shape index (κ2) is 5.52. The molecule has 0 saturated heterocycles. The van der Waals surface area contributed by atoms with Gasteiger partial charge >= 0.3 is 5.51 Å². The van der Waals surface area contributed by atoms with Gasteiger partial charge in [-0.25, -0.2) is 17.2 Å². The van der Waals surface area contributed by atoms with Crippen molar-refractivity contribution in [3.05, 3.63) is 23.3 Å². The lowest BCUT2D eigenvalue weighted by Gasteiger charge is -2.32. The van der Waals surface area contributed by atoms with Gasteiger partial charge in [0.05, 0.1) is 11.0 Å². The molecule has 1 aromatic rings. The minimum Gasteiger partial charge on any atom is -0.490 e. The highest BCUT2D eigenvalue weighted by Crippen LogP contribution is 2.50. The predicted octanol–water partition coefficient (Wildman–Crippen LogP) is 2.11. The largest absolute Gasteiger partial charge is 0.501 e. The van der Waals surface area contributed by atoms with E-state index in [1.165, 1.54) is 0 Å². The van der Waals surface area contributed by atoms with E-state index in [4.69, 9.17) is 4.74 Å². The Labute approximate surface area is 138 Å². The third-order valence-corrected chi connectivity index (χ3v) is 5.86. The third kappa shape index (κ3) is 2.87. The van der Waals surface area contributed by atoms with Gasteiger partial charge in [-0.15, -0.1) is 0 Å². The molecule has 0 radical (unpaired) electrons. The van der Waals surface area contributed by atoms with Crippen LogP contribution in [-0.4, -0.2) is 42.3 Å². The number of benzene rings is 1. The van der Waals surface area contributed by atoms with Crippen molar-refractivity contribution in [3.63, 3.8) is 0 Å². The van der Waals surface area contributed by atoms with Gasteiger partial charge in [0, 0.05) is 30.4 Å². The summed E-state index contributed by atoms with van der Waals surface area (Å²) in [5.74, 6) is -4.04. The van der Waals surface area contributed by atoms with E-state index in [0.29, 0.717) is 6.07 Å². The van der Waals surface area contributed by atoms with Crippen LogP contribution in [0.3, 0.4) is 0 Å². The van der Waals surface area contributed by atoms with Crippen LogP contribution in [0.2, 0.25) is 0 Å². The monoisotopic (exact) mass is 388 g/mol. The molecule has 0 amide bonds. The number of sulfone groups is 1. The molecule has 3 rings (SSSR count). The lowest BCUT2D eigenvalue weighted by atomic mass is 9.92. The lowest BCUT2D eigenvalue weighted by Crippen LogP contribution is -2.37. The first-order valence-electron chi connectivity index (χ1n) is 7.22. The molecule has 0 aliphatic heterocycles. The van der Waals surface area contributed by atoms with Gasteiger partial charge in [-0.3, -0.25) is 0 Å². The molecule has 0 aromatic heterocycles. The summed E-state index contributed by atoms with van der Waals surface area (Å²) in [7, 11) is -5.92. The van der Waals surface area contributed by atoms with Crippen LogP contribution in [0, 0.1) is 0 Å². The molecule has 0 bridgehead atoms. The topological polar surface area (TPSA) is 83.8 Å². The second-order valence-electron chi connectivity index (χ2n) is 6.11. The molecule has 0 heterocycles. The Hall–Kier alpha value is -1.46. The van der Waals surface area contributed by atoms with E-state index in [-0.39, 0.29) is 18.6 Å². The summed E-state index contributed by atoms with van der Waals surface area (Å²) in [6.45, 7) is 0. The molecule has 25 heavy (non-hydrogen) atoms. The van der Waals surface area contributed by atoms with Gasteiger partial charge in [-0.2, -0.15) is 13.2 Å². The normalized spacial score (nSPS) is 28.4. The average molecular weight is 388 g/mol. The van der Waals surface area contributed by atoms with Crippen LogP contribution in [0.15, 0.2) is 17.0 Å². The van der Waals surface area contributed by atoms with E-state index in [9.17, 15) is 40.6 Å². The lowest BCUT2D eigenvalue weighted by molar-refractivity contribution is -0.0979. The van der Waals surface area contributed by atoms with E-state index < -0.39 is 62.0 Å². The molecule has 1 saturated carbocycles. The number of hydrogen-bond acceptors (Lipinski definition) is 5.